The maximum absolute atomic E-state index is 11.9. The van der Waals surface area contributed by atoms with Gasteiger partial charge in [-0.3, -0.25) is 0 Å². The van der Waals surface area contributed by atoms with Gasteiger partial charge in [0.2, 0.25) is 0 Å². The normalized spacial score (nSPS) is 15.5. The molecule has 0 radical (unpaired) electrons. The number of ether oxygens (including phenoxy) is 1. The molecule has 0 saturated carbocycles. The van der Waals surface area contributed by atoms with E-state index in [0.29, 0.717) is 16.9 Å². The van der Waals surface area contributed by atoms with E-state index in [0.717, 1.165) is 26.1 Å². The van der Waals surface area contributed by atoms with E-state index in [1.807, 2.05) is 0 Å². The molecule has 2 rings (SSSR count). The number of hydrogen-bond acceptors (Lipinski definition) is 3. The van der Waals surface area contributed by atoms with Crippen molar-refractivity contribution in [1.29, 1.82) is 0 Å². The molecule has 1 aromatic rings. The van der Waals surface area contributed by atoms with Crippen molar-refractivity contribution in [1.82, 2.24) is 5.32 Å². The molecular formula is C14H17BrN2O4. The zero-order valence-corrected chi connectivity index (χ0v) is 13.0. The number of amides is 2. The van der Waals surface area contributed by atoms with Gasteiger partial charge in [0.25, 0.3) is 0 Å². The van der Waals surface area contributed by atoms with Crippen LogP contribution < -0.4 is 10.6 Å². The molecule has 21 heavy (non-hydrogen) atoms. The van der Waals surface area contributed by atoms with Gasteiger partial charge < -0.3 is 20.5 Å². The summed E-state index contributed by atoms with van der Waals surface area (Å²) in [6, 6.07) is 4.23. The first-order valence-corrected chi connectivity index (χ1v) is 7.51. The first-order valence-electron chi connectivity index (χ1n) is 6.71. The largest absolute Gasteiger partial charge is 0.478 e. The molecular weight excluding hydrogens is 340 g/mol. The number of aromatic carboxylic acids is 1. The van der Waals surface area contributed by atoms with Gasteiger partial charge >= 0.3 is 12.0 Å². The molecule has 7 heteroatoms. The summed E-state index contributed by atoms with van der Waals surface area (Å²) in [5.74, 6) is -0.673. The number of benzene rings is 1. The Morgan fingerprint density at radius 1 is 1.33 bits per heavy atom. The molecule has 0 aliphatic carbocycles. The Morgan fingerprint density at radius 3 is 2.71 bits per heavy atom. The Hall–Kier alpha value is -1.60. The number of hydrogen-bond donors (Lipinski definition) is 3. The maximum atomic E-state index is 11.9. The highest BCUT2D eigenvalue weighted by atomic mass is 79.9. The molecule has 0 unspecified atom stereocenters. The lowest BCUT2D eigenvalue weighted by Gasteiger charge is -2.22. The van der Waals surface area contributed by atoms with Crippen molar-refractivity contribution in [2.75, 3.05) is 25.1 Å². The zero-order chi connectivity index (χ0) is 15.2. The summed E-state index contributed by atoms with van der Waals surface area (Å²) in [6.45, 7) is 2.01. The number of anilines is 1. The van der Waals surface area contributed by atoms with Gasteiger partial charge in [-0.15, -0.1) is 0 Å². The smallest absolute Gasteiger partial charge is 0.337 e. The molecule has 114 valence electrons. The fourth-order valence-corrected chi connectivity index (χ4v) is 2.52. The fourth-order valence-electron chi connectivity index (χ4n) is 2.16. The topological polar surface area (TPSA) is 87.7 Å². The highest BCUT2D eigenvalue weighted by Crippen LogP contribution is 2.21. The van der Waals surface area contributed by atoms with Crippen LogP contribution in [0.2, 0.25) is 0 Å². The van der Waals surface area contributed by atoms with Crippen molar-refractivity contribution in [2.24, 2.45) is 5.92 Å². The third-order valence-corrected chi connectivity index (χ3v) is 3.85. The number of nitrogens with one attached hydrogen (secondary N) is 2. The van der Waals surface area contributed by atoms with Gasteiger partial charge in [-0.1, -0.05) is 15.9 Å². The van der Waals surface area contributed by atoms with Crippen LogP contribution in [0.5, 0.6) is 0 Å². The van der Waals surface area contributed by atoms with Crippen LogP contribution in [-0.2, 0) is 4.74 Å². The van der Waals surface area contributed by atoms with Crippen molar-refractivity contribution >= 4 is 33.6 Å². The van der Waals surface area contributed by atoms with Gasteiger partial charge in [0, 0.05) is 24.2 Å². The summed E-state index contributed by atoms with van der Waals surface area (Å²) in [6.07, 6.45) is 1.86. The first kappa shape index (κ1) is 15.8. The number of rotatable bonds is 4. The van der Waals surface area contributed by atoms with Crippen LogP contribution >= 0.6 is 15.9 Å². The maximum Gasteiger partial charge on any atom is 0.337 e. The van der Waals surface area contributed by atoms with Crippen LogP contribution in [0.1, 0.15) is 23.2 Å². The molecule has 1 aromatic carbocycles. The molecule has 1 aliphatic rings. The Kier molecular flexibility index (Phi) is 5.58. The fraction of sp³-hybridized carbons (Fsp3) is 0.429. The number of urea groups is 1. The van der Waals surface area contributed by atoms with E-state index in [2.05, 4.69) is 26.6 Å². The van der Waals surface area contributed by atoms with Gasteiger partial charge in [0.05, 0.1) is 11.3 Å². The second-order valence-corrected chi connectivity index (χ2v) is 5.80. The molecule has 1 aliphatic heterocycles. The van der Waals surface area contributed by atoms with Crippen molar-refractivity contribution < 1.29 is 19.4 Å². The minimum Gasteiger partial charge on any atom is -0.478 e. The predicted octanol–water partition coefficient (Wildman–Crippen LogP) is 2.70. The Labute approximate surface area is 131 Å². The summed E-state index contributed by atoms with van der Waals surface area (Å²) >= 11 is 3.26. The Morgan fingerprint density at radius 2 is 2.05 bits per heavy atom. The van der Waals surface area contributed by atoms with E-state index in [9.17, 15) is 9.59 Å². The quantitative estimate of drug-likeness (QED) is 0.773. The molecule has 0 aromatic heterocycles. The third-order valence-electron chi connectivity index (χ3n) is 3.35. The Bertz CT molecular complexity index is 530. The van der Waals surface area contributed by atoms with Crippen LogP contribution in [0.25, 0.3) is 0 Å². The van der Waals surface area contributed by atoms with Gasteiger partial charge in [0.1, 0.15) is 0 Å². The van der Waals surface area contributed by atoms with E-state index in [1.165, 1.54) is 6.07 Å². The number of carbonyl (C=O) groups excluding carboxylic acids is 1. The van der Waals surface area contributed by atoms with Crippen LogP contribution in [-0.4, -0.2) is 36.9 Å². The van der Waals surface area contributed by atoms with Gasteiger partial charge in [-0.05, 0) is 37.0 Å². The Balaban J connectivity index is 1.92. The van der Waals surface area contributed by atoms with Crippen LogP contribution in [0.4, 0.5) is 10.5 Å². The second kappa shape index (κ2) is 7.42. The third kappa shape index (κ3) is 4.71. The summed E-state index contributed by atoms with van der Waals surface area (Å²) in [5.41, 5.74) is 0.320. The molecule has 1 saturated heterocycles. The van der Waals surface area contributed by atoms with Gasteiger partial charge in [-0.2, -0.15) is 0 Å². The SMILES string of the molecule is O=C(NCC1CCOCC1)Nc1cc(Br)ccc1C(=O)O. The van der Waals surface area contributed by atoms with Crippen molar-refractivity contribution in [3.8, 4) is 0 Å². The molecule has 0 atom stereocenters. The van der Waals surface area contributed by atoms with E-state index in [-0.39, 0.29) is 11.3 Å². The van der Waals surface area contributed by atoms with Crippen LogP contribution in [0, 0.1) is 5.92 Å². The van der Waals surface area contributed by atoms with Gasteiger partial charge in [0.15, 0.2) is 0 Å². The van der Waals surface area contributed by atoms with E-state index in [4.69, 9.17) is 9.84 Å². The van der Waals surface area contributed by atoms with Crippen molar-refractivity contribution in [3.63, 3.8) is 0 Å². The molecule has 1 fully saturated rings. The molecule has 0 bridgehead atoms. The number of carbonyl (C=O) groups is 2. The number of carboxylic acid groups (broad SMARTS) is 1. The van der Waals surface area contributed by atoms with Crippen LogP contribution in [0.3, 0.4) is 0 Å². The predicted molar refractivity (Wildman–Crippen MR) is 81.7 cm³/mol. The lowest BCUT2D eigenvalue weighted by Crippen LogP contribution is -2.35. The monoisotopic (exact) mass is 356 g/mol. The van der Waals surface area contributed by atoms with Crippen LogP contribution in [0.15, 0.2) is 22.7 Å². The average Bonchev–Trinajstić information content (AvgIpc) is 2.46. The zero-order valence-electron chi connectivity index (χ0n) is 11.4. The summed E-state index contributed by atoms with van der Waals surface area (Å²) in [7, 11) is 0. The summed E-state index contributed by atoms with van der Waals surface area (Å²) in [5, 5.41) is 14.5. The number of carboxylic acids is 1. The minimum absolute atomic E-state index is 0.0550. The summed E-state index contributed by atoms with van der Waals surface area (Å²) < 4.78 is 5.96. The molecule has 1 heterocycles. The highest BCUT2D eigenvalue weighted by Gasteiger charge is 2.16. The molecule has 2 amide bonds. The first-order chi connectivity index (χ1) is 10.1. The standard InChI is InChI=1S/C14H17BrN2O4/c15-10-1-2-11(13(18)19)12(7-10)17-14(20)16-8-9-3-5-21-6-4-9/h1-2,7,9H,3-6,8H2,(H,18,19)(H2,16,17,20). The van der Waals surface area contributed by atoms with Crippen molar-refractivity contribution in [2.45, 2.75) is 12.8 Å². The lowest BCUT2D eigenvalue weighted by molar-refractivity contribution is 0.0670. The summed E-state index contributed by atoms with van der Waals surface area (Å²) in [4.78, 5) is 23.0. The van der Waals surface area contributed by atoms with E-state index >= 15 is 0 Å². The average molecular weight is 357 g/mol. The molecule has 6 nitrogen and oxygen atoms in total. The molecule has 3 N–H and O–H groups in total. The van der Waals surface area contributed by atoms with E-state index < -0.39 is 12.0 Å². The van der Waals surface area contributed by atoms with Crippen molar-refractivity contribution in [3.05, 3.63) is 28.2 Å². The molecule has 0 spiro atoms. The van der Waals surface area contributed by atoms with E-state index in [1.54, 1.807) is 12.1 Å². The van der Waals surface area contributed by atoms with Gasteiger partial charge in [-0.25, -0.2) is 9.59 Å². The number of halogens is 1. The lowest BCUT2D eigenvalue weighted by atomic mass is 10.0. The second-order valence-electron chi connectivity index (χ2n) is 4.89. The highest BCUT2D eigenvalue weighted by molar-refractivity contribution is 9.10. The minimum atomic E-state index is -1.08.